The van der Waals surface area contributed by atoms with Crippen LogP contribution in [0.3, 0.4) is 0 Å². The molecule has 0 fully saturated rings. The molecule has 10 heteroatoms. The number of rotatable bonds is 2. The van der Waals surface area contributed by atoms with Crippen LogP contribution < -0.4 is 11.5 Å². The zero-order chi connectivity index (χ0) is 23.0. The molecule has 8 N–H and O–H groups in total. The molecule has 31 heavy (non-hydrogen) atoms. The third kappa shape index (κ3) is 2.55. The Morgan fingerprint density at radius 1 is 1.19 bits per heavy atom. The van der Waals surface area contributed by atoms with Crippen molar-refractivity contribution >= 4 is 23.2 Å². The molecule has 0 heterocycles. The highest BCUT2D eigenvalue weighted by Crippen LogP contribution is 2.52. The molecule has 0 aromatic heterocycles. The van der Waals surface area contributed by atoms with Crippen molar-refractivity contribution in [2.75, 3.05) is 19.8 Å². The first-order valence-corrected chi connectivity index (χ1v) is 9.68. The molecule has 0 aliphatic heterocycles. The minimum atomic E-state index is -2.64. The van der Waals surface area contributed by atoms with Crippen LogP contribution in [0, 0.1) is 11.8 Å². The van der Waals surface area contributed by atoms with Crippen LogP contribution in [0.25, 0.3) is 0 Å². The van der Waals surface area contributed by atoms with Crippen LogP contribution in [0.4, 0.5) is 5.69 Å². The standard InChI is InChI=1S/C21H23N3O7/c1-24(2)14-9-6-8-5-7-3-4-10(22)15(25)11(7)16(26)12(8)18(28)21(9,31)19(29)13(17(14)27)20(23)30/h3-4,8-9,14,25,27-28,31H,5-6,22H2,1-2H3,(H2,23,30)/t8-,9-,14-,21+/m0/s1. The molecule has 4 atom stereocenters. The van der Waals surface area contributed by atoms with E-state index in [0.717, 1.165) is 0 Å². The van der Waals surface area contributed by atoms with Crippen molar-refractivity contribution in [2.45, 2.75) is 24.5 Å². The predicted molar refractivity (Wildman–Crippen MR) is 108 cm³/mol. The number of hydrogen-bond acceptors (Lipinski definition) is 9. The first-order valence-electron chi connectivity index (χ1n) is 9.68. The van der Waals surface area contributed by atoms with E-state index in [4.69, 9.17) is 11.5 Å². The molecular formula is C21H23N3O7. The lowest BCUT2D eigenvalue weighted by molar-refractivity contribution is -0.148. The van der Waals surface area contributed by atoms with Gasteiger partial charge in [-0.1, -0.05) is 6.07 Å². The lowest BCUT2D eigenvalue weighted by atomic mass is 9.58. The van der Waals surface area contributed by atoms with Gasteiger partial charge >= 0.3 is 0 Å². The van der Waals surface area contributed by atoms with Crippen molar-refractivity contribution in [3.63, 3.8) is 0 Å². The molecule has 0 spiro atoms. The second-order valence-corrected chi connectivity index (χ2v) is 8.50. The smallest absolute Gasteiger partial charge is 0.255 e. The van der Waals surface area contributed by atoms with E-state index in [2.05, 4.69) is 0 Å². The lowest BCUT2D eigenvalue weighted by Crippen LogP contribution is -2.63. The zero-order valence-corrected chi connectivity index (χ0v) is 16.9. The first-order chi connectivity index (χ1) is 14.4. The maximum Gasteiger partial charge on any atom is 0.255 e. The van der Waals surface area contributed by atoms with Crippen molar-refractivity contribution in [1.82, 2.24) is 4.90 Å². The van der Waals surface area contributed by atoms with Crippen molar-refractivity contribution < 1.29 is 34.8 Å². The number of phenols is 1. The van der Waals surface area contributed by atoms with E-state index >= 15 is 0 Å². The summed E-state index contributed by atoms with van der Waals surface area (Å²) in [5.41, 5.74) is 7.70. The number of aliphatic hydroxyl groups is 3. The summed E-state index contributed by atoms with van der Waals surface area (Å²) in [5.74, 6) is -6.84. The summed E-state index contributed by atoms with van der Waals surface area (Å²) < 4.78 is 0. The number of ketones is 2. The van der Waals surface area contributed by atoms with Gasteiger partial charge in [-0.25, -0.2) is 0 Å². The Hall–Kier alpha value is -3.37. The van der Waals surface area contributed by atoms with Crippen LogP contribution in [0.1, 0.15) is 22.3 Å². The number of nitrogens with zero attached hydrogens (tertiary/aromatic N) is 1. The second kappa shape index (κ2) is 6.56. The van der Waals surface area contributed by atoms with E-state index in [-0.39, 0.29) is 29.7 Å². The number of primary amides is 1. The monoisotopic (exact) mass is 429 g/mol. The van der Waals surface area contributed by atoms with Crippen LogP contribution in [0.15, 0.2) is 34.8 Å². The second-order valence-electron chi connectivity index (χ2n) is 8.50. The normalized spacial score (nSPS) is 30.3. The van der Waals surface area contributed by atoms with Gasteiger partial charge in [0.25, 0.3) is 5.91 Å². The van der Waals surface area contributed by atoms with Gasteiger partial charge in [-0.2, -0.15) is 0 Å². The summed E-state index contributed by atoms with van der Waals surface area (Å²) in [4.78, 5) is 39.7. The van der Waals surface area contributed by atoms with E-state index in [1.165, 1.54) is 11.0 Å². The van der Waals surface area contributed by atoms with E-state index in [0.29, 0.717) is 5.56 Å². The van der Waals surface area contributed by atoms with Crippen LogP contribution in [0.2, 0.25) is 0 Å². The van der Waals surface area contributed by atoms with Crippen molar-refractivity contribution in [3.05, 3.63) is 45.9 Å². The van der Waals surface area contributed by atoms with Gasteiger partial charge in [-0.05, 0) is 44.5 Å². The number of Topliss-reactive ketones (excluding diaryl/α,β-unsaturated/α-hetero) is 2. The fourth-order valence-electron chi connectivity index (χ4n) is 5.24. The van der Waals surface area contributed by atoms with E-state index in [1.54, 1.807) is 20.2 Å². The Labute approximate surface area is 177 Å². The number of aromatic hydroxyl groups is 1. The van der Waals surface area contributed by atoms with Gasteiger partial charge in [-0.3, -0.25) is 19.3 Å². The fourth-order valence-corrected chi connectivity index (χ4v) is 5.24. The number of amides is 1. The molecule has 10 nitrogen and oxygen atoms in total. The maximum atomic E-state index is 13.2. The highest BCUT2D eigenvalue weighted by Gasteiger charge is 2.63. The highest BCUT2D eigenvalue weighted by atomic mass is 16.3. The highest BCUT2D eigenvalue weighted by molar-refractivity contribution is 6.24. The summed E-state index contributed by atoms with van der Waals surface area (Å²) in [5, 5.41) is 43.5. The fraction of sp³-hybridized carbons (Fsp3) is 0.381. The van der Waals surface area contributed by atoms with Crippen molar-refractivity contribution in [1.29, 1.82) is 0 Å². The summed E-state index contributed by atoms with van der Waals surface area (Å²) in [7, 11) is 3.16. The van der Waals surface area contributed by atoms with Gasteiger partial charge in [0.15, 0.2) is 11.4 Å². The summed E-state index contributed by atoms with van der Waals surface area (Å²) >= 11 is 0. The molecule has 0 saturated heterocycles. The number of anilines is 1. The van der Waals surface area contributed by atoms with E-state index in [1.807, 2.05) is 0 Å². The average molecular weight is 429 g/mol. The Morgan fingerprint density at radius 3 is 2.42 bits per heavy atom. The number of fused-ring (bicyclic) bond motifs is 3. The zero-order valence-electron chi connectivity index (χ0n) is 16.9. The average Bonchev–Trinajstić information content (AvgIpc) is 2.67. The Kier molecular flexibility index (Phi) is 4.42. The van der Waals surface area contributed by atoms with Crippen LogP contribution in [-0.4, -0.2) is 68.5 Å². The molecule has 4 rings (SSSR count). The number of allylic oxidation sites excluding steroid dienone is 1. The molecular weight excluding hydrogens is 406 g/mol. The summed E-state index contributed by atoms with van der Waals surface area (Å²) in [6.07, 6.45) is 0.291. The topological polar surface area (TPSA) is 187 Å². The number of phenolic OH excluding ortho intramolecular Hbond substituents is 1. The van der Waals surface area contributed by atoms with Gasteiger partial charge in [0, 0.05) is 11.5 Å². The minimum Gasteiger partial charge on any atom is -0.510 e. The Bertz CT molecular complexity index is 1120. The van der Waals surface area contributed by atoms with Crippen LogP contribution in [0.5, 0.6) is 5.75 Å². The third-order valence-electron chi connectivity index (χ3n) is 6.63. The van der Waals surface area contributed by atoms with Gasteiger partial charge in [0.05, 0.1) is 17.3 Å². The molecule has 1 amide bonds. The molecule has 3 aliphatic rings. The molecule has 1 aromatic rings. The Balaban J connectivity index is 1.97. The van der Waals surface area contributed by atoms with Crippen molar-refractivity contribution in [2.24, 2.45) is 17.6 Å². The number of benzene rings is 1. The number of carbonyl (C=O) groups is 3. The molecule has 164 valence electrons. The van der Waals surface area contributed by atoms with Crippen LogP contribution >= 0.6 is 0 Å². The number of nitrogens with two attached hydrogens (primary N) is 2. The van der Waals surface area contributed by atoms with Crippen LogP contribution in [-0.2, 0) is 16.0 Å². The lowest BCUT2D eigenvalue weighted by Gasteiger charge is -2.50. The molecule has 0 bridgehead atoms. The molecule has 0 unspecified atom stereocenters. The number of aliphatic hydroxyl groups excluding tert-OH is 2. The SMILES string of the molecule is CN(C)[C@@H]1C(O)=C(C(N)=O)C(=O)[C@]2(O)C(O)=C3C(=O)c4c(ccc(N)c4O)C[C@H]3C[C@@H]12. The van der Waals surface area contributed by atoms with Gasteiger partial charge in [-0.15, -0.1) is 0 Å². The third-order valence-corrected chi connectivity index (χ3v) is 6.63. The quantitative estimate of drug-likeness (QED) is 0.208. The number of carbonyl (C=O) groups excluding carboxylic acids is 3. The van der Waals surface area contributed by atoms with E-state index < -0.39 is 63.8 Å². The first kappa shape index (κ1) is 20.9. The summed E-state index contributed by atoms with van der Waals surface area (Å²) in [6.45, 7) is 0. The number of hydrogen-bond donors (Lipinski definition) is 6. The molecule has 0 saturated carbocycles. The van der Waals surface area contributed by atoms with E-state index in [9.17, 15) is 34.8 Å². The van der Waals surface area contributed by atoms with Crippen molar-refractivity contribution in [3.8, 4) is 5.75 Å². The van der Waals surface area contributed by atoms with Gasteiger partial charge in [0.1, 0.15) is 22.8 Å². The predicted octanol–water partition coefficient (Wildman–Crippen LogP) is -0.297. The molecule has 3 aliphatic carbocycles. The van der Waals surface area contributed by atoms with Gasteiger partial charge < -0.3 is 31.9 Å². The summed E-state index contributed by atoms with van der Waals surface area (Å²) in [6, 6.07) is 2.06. The Morgan fingerprint density at radius 2 is 1.84 bits per heavy atom. The largest absolute Gasteiger partial charge is 0.510 e. The minimum absolute atomic E-state index is 0.0247. The molecule has 1 aromatic carbocycles. The number of nitrogen functional groups attached to an aromatic ring is 1. The maximum absolute atomic E-state index is 13.2. The van der Waals surface area contributed by atoms with Gasteiger partial charge in [0.2, 0.25) is 5.78 Å². The number of likely N-dealkylation sites (N-methyl/N-ethyl adjacent to an activating group) is 1. The molecule has 0 radical (unpaired) electrons.